The van der Waals surface area contributed by atoms with Crippen LogP contribution in [0.3, 0.4) is 0 Å². The standard InChI is InChI=1S/C7H8O3S.C3H8O/c1-6-2-4-7(5-3-6)11(8,9)10;1-2-3-4/h2-5H,1H3,(H,8,9,10);4H,2-3H2,1H3. The normalized spacial score (nSPS) is 10.4. The van der Waals surface area contributed by atoms with Gasteiger partial charge in [-0.05, 0) is 25.5 Å². The molecule has 0 aromatic heterocycles. The van der Waals surface area contributed by atoms with Crippen molar-refractivity contribution in [1.29, 1.82) is 0 Å². The van der Waals surface area contributed by atoms with E-state index in [0.717, 1.165) is 12.0 Å². The Morgan fingerprint density at radius 2 is 1.60 bits per heavy atom. The Morgan fingerprint density at radius 1 is 1.20 bits per heavy atom. The predicted molar refractivity (Wildman–Crippen MR) is 58.4 cm³/mol. The molecule has 0 aliphatic rings. The highest BCUT2D eigenvalue weighted by atomic mass is 32.2. The Labute approximate surface area is 90.3 Å². The second kappa shape index (κ2) is 6.55. The monoisotopic (exact) mass is 232 g/mol. The van der Waals surface area contributed by atoms with E-state index in [1.165, 1.54) is 12.1 Å². The van der Waals surface area contributed by atoms with E-state index in [0.29, 0.717) is 6.61 Å². The van der Waals surface area contributed by atoms with E-state index < -0.39 is 10.1 Å². The van der Waals surface area contributed by atoms with Crippen LogP contribution in [-0.2, 0) is 10.1 Å². The Kier molecular flexibility index (Phi) is 6.15. The van der Waals surface area contributed by atoms with Gasteiger partial charge < -0.3 is 5.11 Å². The van der Waals surface area contributed by atoms with E-state index in [1.807, 2.05) is 13.8 Å². The van der Waals surface area contributed by atoms with Crippen LogP contribution in [0.2, 0.25) is 0 Å². The molecule has 15 heavy (non-hydrogen) atoms. The number of hydrogen-bond acceptors (Lipinski definition) is 3. The van der Waals surface area contributed by atoms with Crippen LogP contribution in [0.25, 0.3) is 0 Å². The topological polar surface area (TPSA) is 74.6 Å². The summed E-state index contributed by atoms with van der Waals surface area (Å²) < 4.78 is 29.6. The zero-order chi connectivity index (χ0) is 11.9. The molecular formula is C10H16O4S. The van der Waals surface area contributed by atoms with Gasteiger partial charge in [-0.25, -0.2) is 0 Å². The quantitative estimate of drug-likeness (QED) is 0.760. The lowest BCUT2D eigenvalue weighted by Gasteiger charge is -1.95. The Bertz CT molecular complexity index is 365. The predicted octanol–water partition coefficient (Wildman–Crippen LogP) is 1.63. The second-order valence-electron chi connectivity index (χ2n) is 3.01. The first-order valence-corrected chi connectivity index (χ1v) is 6.00. The lowest BCUT2D eigenvalue weighted by molar-refractivity contribution is 0.295. The molecule has 0 atom stereocenters. The molecule has 1 aromatic carbocycles. The van der Waals surface area contributed by atoms with Gasteiger partial charge in [0.15, 0.2) is 0 Å². The lowest BCUT2D eigenvalue weighted by atomic mass is 10.2. The molecule has 0 heterocycles. The number of aliphatic hydroxyl groups excluding tert-OH is 1. The van der Waals surface area contributed by atoms with Crippen molar-refractivity contribution >= 4 is 10.1 Å². The van der Waals surface area contributed by atoms with Gasteiger partial charge in [0.05, 0.1) is 4.90 Å². The minimum Gasteiger partial charge on any atom is -0.396 e. The average molecular weight is 232 g/mol. The number of aryl methyl sites for hydroxylation is 1. The number of rotatable bonds is 2. The van der Waals surface area contributed by atoms with Gasteiger partial charge in [0.1, 0.15) is 0 Å². The summed E-state index contributed by atoms with van der Waals surface area (Å²) in [5, 5.41) is 7.88. The zero-order valence-electron chi connectivity index (χ0n) is 8.84. The summed E-state index contributed by atoms with van der Waals surface area (Å²) in [6, 6.07) is 5.99. The summed E-state index contributed by atoms with van der Waals surface area (Å²) in [4.78, 5) is -0.0666. The van der Waals surface area contributed by atoms with Gasteiger partial charge in [0, 0.05) is 6.61 Å². The zero-order valence-corrected chi connectivity index (χ0v) is 9.66. The van der Waals surface area contributed by atoms with Gasteiger partial charge in [0.2, 0.25) is 0 Å². The van der Waals surface area contributed by atoms with Gasteiger partial charge in [-0.1, -0.05) is 24.6 Å². The molecule has 0 aliphatic carbocycles. The van der Waals surface area contributed by atoms with Crippen LogP contribution >= 0.6 is 0 Å². The number of benzene rings is 1. The maximum Gasteiger partial charge on any atom is 0.294 e. The summed E-state index contributed by atoms with van der Waals surface area (Å²) >= 11 is 0. The van der Waals surface area contributed by atoms with Crippen molar-refractivity contribution in [3.8, 4) is 0 Å². The smallest absolute Gasteiger partial charge is 0.294 e. The molecule has 0 saturated heterocycles. The van der Waals surface area contributed by atoms with Crippen LogP contribution in [0.5, 0.6) is 0 Å². The Hall–Kier alpha value is -0.910. The fourth-order valence-electron chi connectivity index (χ4n) is 0.710. The van der Waals surface area contributed by atoms with E-state index in [1.54, 1.807) is 12.1 Å². The summed E-state index contributed by atoms with van der Waals surface area (Å²) in [6.45, 7) is 4.09. The molecule has 2 N–H and O–H groups in total. The number of aliphatic hydroxyl groups is 1. The van der Waals surface area contributed by atoms with Crippen molar-refractivity contribution in [2.75, 3.05) is 6.61 Å². The van der Waals surface area contributed by atoms with Crippen LogP contribution < -0.4 is 0 Å². The Morgan fingerprint density at radius 3 is 1.87 bits per heavy atom. The first-order valence-electron chi connectivity index (χ1n) is 4.56. The molecule has 0 bridgehead atoms. The van der Waals surface area contributed by atoms with Crippen LogP contribution in [0.1, 0.15) is 18.9 Å². The summed E-state index contributed by atoms with van der Waals surface area (Å²) in [6.07, 6.45) is 0.875. The highest BCUT2D eigenvalue weighted by Gasteiger charge is 2.06. The van der Waals surface area contributed by atoms with E-state index >= 15 is 0 Å². The van der Waals surface area contributed by atoms with Gasteiger partial charge in [0.25, 0.3) is 10.1 Å². The highest BCUT2D eigenvalue weighted by Crippen LogP contribution is 2.08. The first kappa shape index (κ1) is 14.1. The third kappa shape index (κ3) is 6.22. The highest BCUT2D eigenvalue weighted by molar-refractivity contribution is 7.85. The molecule has 0 saturated carbocycles. The van der Waals surface area contributed by atoms with Crippen molar-refractivity contribution in [1.82, 2.24) is 0 Å². The molecule has 0 radical (unpaired) electrons. The second-order valence-corrected chi connectivity index (χ2v) is 4.43. The van der Waals surface area contributed by atoms with Gasteiger partial charge in [-0.2, -0.15) is 8.42 Å². The SMILES string of the molecule is CCCO.Cc1ccc(S(=O)(=O)O)cc1. The molecule has 5 heteroatoms. The first-order chi connectivity index (χ1) is 6.91. The third-order valence-corrected chi connectivity index (χ3v) is 2.41. The largest absolute Gasteiger partial charge is 0.396 e. The van der Waals surface area contributed by atoms with Crippen LogP contribution in [-0.4, -0.2) is 24.7 Å². The molecule has 0 fully saturated rings. The lowest BCUT2D eigenvalue weighted by Crippen LogP contribution is -1.96. The van der Waals surface area contributed by atoms with Crippen LogP contribution in [0, 0.1) is 6.92 Å². The molecule has 1 aromatic rings. The third-order valence-electron chi connectivity index (χ3n) is 1.54. The van der Waals surface area contributed by atoms with Crippen LogP contribution in [0.4, 0.5) is 0 Å². The van der Waals surface area contributed by atoms with E-state index in [4.69, 9.17) is 9.66 Å². The van der Waals surface area contributed by atoms with Gasteiger partial charge in [-0.3, -0.25) is 4.55 Å². The number of hydrogen-bond donors (Lipinski definition) is 2. The summed E-state index contributed by atoms with van der Waals surface area (Å²) in [7, 11) is -4.02. The minimum absolute atomic E-state index is 0.0666. The molecule has 0 unspecified atom stereocenters. The van der Waals surface area contributed by atoms with E-state index in [9.17, 15) is 8.42 Å². The van der Waals surface area contributed by atoms with Gasteiger partial charge >= 0.3 is 0 Å². The maximum atomic E-state index is 10.5. The molecule has 0 spiro atoms. The van der Waals surface area contributed by atoms with Crippen molar-refractivity contribution in [3.05, 3.63) is 29.8 Å². The molecule has 4 nitrogen and oxygen atoms in total. The van der Waals surface area contributed by atoms with E-state index in [2.05, 4.69) is 0 Å². The Balaban J connectivity index is 0.000000423. The fourth-order valence-corrected chi connectivity index (χ4v) is 1.19. The molecule has 0 amide bonds. The van der Waals surface area contributed by atoms with Crippen molar-refractivity contribution in [2.45, 2.75) is 25.2 Å². The van der Waals surface area contributed by atoms with Crippen molar-refractivity contribution in [2.24, 2.45) is 0 Å². The molecule has 0 aliphatic heterocycles. The molecular weight excluding hydrogens is 216 g/mol. The molecule has 1 rings (SSSR count). The van der Waals surface area contributed by atoms with Crippen molar-refractivity contribution in [3.63, 3.8) is 0 Å². The maximum absolute atomic E-state index is 10.5. The fraction of sp³-hybridized carbons (Fsp3) is 0.400. The minimum atomic E-state index is -4.02. The summed E-state index contributed by atoms with van der Waals surface area (Å²) in [5.41, 5.74) is 0.956. The average Bonchev–Trinajstić information content (AvgIpc) is 2.17. The summed E-state index contributed by atoms with van der Waals surface area (Å²) in [5.74, 6) is 0. The van der Waals surface area contributed by atoms with E-state index in [-0.39, 0.29) is 4.90 Å². The van der Waals surface area contributed by atoms with Gasteiger partial charge in [-0.15, -0.1) is 0 Å². The van der Waals surface area contributed by atoms with Crippen LogP contribution in [0.15, 0.2) is 29.2 Å². The molecule has 86 valence electrons. The van der Waals surface area contributed by atoms with Crippen molar-refractivity contribution < 1.29 is 18.1 Å².